The number of nitrogens with zero attached hydrogens (tertiary/aromatic N) is 4. The number of carbonyl (C=O) groups is 1. The van der Waals surface area contributed by atoms with Crippen molar-refractivity contribution in [3.8, 4) is 5.69 Å². The quantitative estimate of drug-likeness (QED) is 0.583. The number of benzene rings is 2. The van der Waals surface area contributed by atoms with Crippen LogP contribution >= 0.6 is 0 Å². The maximum absolute atomic E-state index is 13.0. The summed E-state index contributed by atoms with van der Waals surface area (Å²) in [6.07, 6.45) is 1.96. The first-order valence-corrected chi connectivity index (χ1v) is 10.0. The van der Waals surface area contributed by atoms with Crippen LogP contribution in [0, 0.1) is 13.8 Å². The summed E-state index contributed by atoms with van der Waals surface area (Å²) < 4.78 is 2.21. The molecular formula is C25H26N4O. The molecule has 0 spiro atoms. The van der Waals surface area contributed by atoms with Gasteiger partial charge in [-0.15, -0.1) is 0 Å². The number of para-hydroxylation sites is 1. The first kappa shape index (κ1) is 19.7. The zero-order valence-corrected chi connectivity index (χ0v) is 18.0. The minimum atomic E-state index is -0.0983. The number of carbonyl (C=O) groups excluding carboxylic acids is 1. The maximum atomic E-state index is 13.0. The highest BCUT2D eigenvalue weighted by Gasteiger charge is 2.29. The van der Waals surface area contributed by atoms with Crippen molar-refractivity contribution >= 4 is 29.1 Å². The van der Waals surface area contributed by atoms with Gasteiger partial charge >= 0.3 is 0 Å². The minimum Gasteiger partial charge on any atom is -0.378 e. The molecule has 0 fully saturated rings. The number of hydrazone groups is 1. The molecule has 152 valence electrons. The minimum absolute atomic E-state index is 0.0983. The van der Waals surface area contributed by atoms with Gasteiger partial charge in [-0.05, 0) is 74.9 Å². The molecule has 0 saturated carbocycles. The van der Waals surface area contributed by atoms with Crippen LogP contribution in [-0.2, 0) is 4.79 Å². The molecular weight excluding hydrogens is 372 g/mol. The van der Waals surface area contributed by atoms with Crippen molar-refractivity contribution in [2.75, 3.05) is 24.0 Å². The van der Waals surface area contributed by atoms with E-state index in [4.69, 9.17) is 0 Å². The summed E-state index contributed by atoms with van der Waals surface area (Å²) in [5.74, 6) is -0.0983. The molecule has 2 heterocycles. The largest absolute Gasteiger partial charge is 0.378 e. The van der Waals surface area contributed by atoms with Gasteiger partial charge in [-0.25, -0.2) is 0 Å². The van der Waals surface area contributed by atoms with Crippen molar-refractivity contribution in [3.63, 3.8) is 0 Å². The van der Waals surface area contributed by atoms with Crippen LogP contribution in [0.3, 0.4) is 0 Å². The number of aromatic nitrogens is 1. The van der Waals surface area contributed by atoms with Crippen LogP contribution in [0.15, 0.2) is 71.3 Å². The Morgan fingerprint density at radius 3 is 2.20 bits per heavy atom. The van der Waals surface area contributed by atoms with Gasteiger partial charge in [0.25, 0.3) is 5.91 Å². The number of amides is 1. The molecule has 0 saturated heterocycles. The second-order valence-corrected chi connectivity index (χ2v) is 7.77. The van der Waals surface area contributed by atoms with Crippen LogP contribution in [0.4, 0.5) is 11.4 Å². The van der Waals surface area contributed by atoms with E-state index in [2.05, 4.69) is 58.7 Å². The second-order valence-electron chi connectivity index (χ2n) is 7.77. The molecule has 2 aromatic carbocycles. The molecule has 0 unspecified atom stereocenters. The van der Waals surface area contributed by atoms with Gasteiger partial charge in [0.2, 0.25) is 0 Å². The first-order valence-electron chi connectivity index (χ1n) is 10.0. The van der Waals surface area contributed by atoms with Gasteiger partial charge in [0, 0.05) is 36.9 Å². The van der Waals surface area contributed by atoms with Crippen molar-refractivity contribution in [2.24, 2.45) is 5.10 Å². The van der Waals surface area contributed by atoms with Crippen molar-refractivity contribution in [2.45, 2.75) is 20.8 Å². The zero-order chi connectivity index (χ0) is 21.4. The number of hydrogen-bond acceptors (Lipinski definition) is 3. The molecule has 1 aromatic heterocycles. The average molecular weight is 399 g/mol. The smallest absolute Gasteiger partial charge is 0.280 e. The van der Waals surface area contributed by atoms with E-state index in [0.29, 0.717) is 5.57 Å². The molecule has 0 aliphatic carbocycles. The number of hydrogen-bond donors (Lipinski definition) is 0. The second kappa shape index (κ2) is 7.67. The molecule has 1 aliphatic heterocycles. The third kappa shape index (κ3) is 3.43. The number of rotatable bonds is 4. The SMILES string of the molecule is CC1=NN(c2ccccc2)C(=O)C1=Cc1cc(C)n(-c2ccc(N(C)C)cc2)c1C. The summed E-state index contributed by atoms with van der Waals surface area (Å²) in [6.45, 7) is 6.05. The van der Waals surface area contributed by atoms with Crippen LogP contribution in [0.1, 0.15) is 23.9 Å². The van der Waals surface area contributed by atoms with E-state index in [1.165, 1.54) is 5.01 Å². The Labute approximate surface area is 177 Å². The summed E-state index contributed by atoms with van der Waals surface area (Å²) in [4.78, 5) is 15.1. The van der Waals surface area contributed by atoms with Gasteiger partial charge in [-0.3, -0.25) is 4.79 Å². The van der Waals surface area contributed by atoms with Gasteiger partial charge < -0.3 is 9.47 Å². The van der Waals surface area contributed by atoms with Gasteiger partial charge in [0.1, 0.15) is 0 Å². The summed E-state index contributed by atoms with van der Waals surface area (Å²) >= 11 is 0. The molecule has 1 amide bonds. The van der Waals surface area contributed by atoms with Crippen LogP contribution in [0.5, 0.6) is 0 Å². The van der Waals surface area contributed by atoms with Gasteiger partial charge in [0.05, 0.1) is 17.0 Å². The molecule has 5 nitrogen and oxygen atoms in total. The molecule has 3 aromatic rings. The Bertz CT molecular complexity index is 1150. The Hall–Kier alpha value is -3.60. The normalized spacial score (nSPS) is 15.1. The van der Waals surface area contributed by atoms with Gasteiger partial charge in [-0.2, -0.15) is 10.1 Å². The summed E-state index contributed by atoms with van der Waals surface area (Å²) in [5.41, 5.74) is 7.63. The van der Waals surface area contributed by atoms with E-state index in [0.717, 1.165) is 39.7 Å². The molecule has 0 radical (unpaired) electrons. The Morgan fingerprint density at radius 2 is 1.57 bits per heavy atom. The molecule has 0 N–H and O–H groups in total. The molecule has 0 atom stereocenters. The lowest BCUT2D eigenvalue weighted by molar-refractivity contribution is -0.114. The third-order valence-corrected chi connectivity index (χ3v) is 5.46. The van der Waals surface area contributed by atoms with E-state index in [-0.39, 0.29) is 5.91 Å². The molecule has 4 rings (SSSR count). The topological polar surface area (TPSA) is 40.8 Å². The van der Waals surface area contributed by atoms with Crippen LogP contribution in [0.2, 0.25) is 0 Å². The molecule has 1 aliphatic rings. The summed E-state index contributed by atoms with van der Waals surface area (Å²) in [6, 6.07) is 20.1. The number of anilines is 2. The zero-order valence-electron chi connectivity index (χ0n) is 18.0. The Balaban J connectivity index is 1.69. The predicted octanol–water partition coefficient (Wildman–Crippen LogP) is 4.97. The lowest BCUT2D eigenvalue weighted by atomic mass is 10.1. The highest BCUT2D eigenvalue weighted by molar-refractivity contribution is 6.32. The van der Waals surface area contributed by atoms with E-state index < -0.39 is 0 Å². The lowest BCUT2D eigenvalue weighted by Gasteiger charge is -2.15. The van der Waals surface area contributed by atoms with Crippen LogP contribution in [0.25, 0.3) is 11.8 Å². The fourth-order valence-electron chi connectivity index (χ4n) is 3.81. The standard InChI is InChI=1S/C25H26N4O/c1-17-15-20(19(3)28(17)22-13-11-21(12-14-22)27(4)5)16-24-18(2)26-29(25(24)30)23-9-7-6-8-10-23/h6-16H,1-5H3. The van der Waals surface area contributed by atoms with E-state index in [1.807, 2.05) is 57.4 Å². The van der Waals surface area contributed by atoms with Gasteiger partial charge in [-0.1, -0.05) is 18.2 Å². The fraction of sp³-hybridized carbons (Fsp3) is 0.200. The van der Waals surface area contributed by atoms with Crippen molar-refractivity contribution in [1.29, 1.82) is 0 Å². The lowest BCUT2D eigenvalue weighted by Crippen LogP contribution is -2.21. The molecule has 0 bridgehead atoms. The summed E-state index contributed by atoms with van der Waals surface area (Å²) in [5, 5.41) is 5.95. The Morgan fingerprint density at radius 1 is 0.900 bits per heavy atom. The van der Waals surface area contributed by atoms with E-state index in [1.54, 1.807) is 0 Å². The third-order valence-electron chi connectivity index (χ3n) is 5.46. The highest BCUT2D eigenvalue weighted by atomic mass is 16.2. The van der Waals surface area contributed by atoms with Crippen molar-refractivity contribution in [3.05, 3.63) is 83.2 Å². The van der Waals surface area contributed by atoms with Crippen LogP contribution < -0.4 is 9.91 Å². The van der Waals surface area contributed by atoms with Crippen molar-refractivity contribution < 1.29 is 4.79 Å². The van der Waals surface area contributed by atoms with Crippen LogP contribution in [-0.4, -0.2) is 30.3 Å². The average Bonchev–Trinajstić information content (AvgIpc) is 3.18. The maximum Gasteiger partial charge on any atom is 0.280 e. The first-order chi connectivity index (χ1) is 14.4. The Kier molecular flexibility index (Phi) is 5.04. The summed E-state index contributed by atoms with van der Waals surface area (Å²) in [7, 11) is 4.07. The number of aryl methyl sites for hydroxylation is 1. The fourth-order valence-corrected chi connectivity index (χ4v) is 3.81. The molecule has 30 heavy (non-hydrogen) atoms. The van der Waals surface area contributed by atoms with E-state index in [9.17, 15) is 4.79 Å². The van der Waals surface area contributed by atoms with Gasteiger partial charge in [0.15, 0.2) is 0 Å². The van der Waals surface area contributed by atoms with Crippen molar-refractivity contribution in [1.82, 2.24) is 4.57 Å². The van der Waals surface area contributed by atoms with E-state index >= 15 is 0 Å². The monoisotopic (exact) mass is 398 g/mol. The molecule has 5 heteroatoms. The predicted molar refractivity (Wildman–Crippen MR) is 125 cm³/mol. The highest BCUT2D eigenvalue weighted by Crippen LogP contribution is 2.28.